The highest BCUT2D eigenvalue weighted by Gasteiger charge is 2.41. The van der Waals surface area contributed by atoms with Crippen molar-refractivity contribution in [3.63, 3.8) is 0 Å². The largest absolute Gasteiger partial charge is 0.497 e. The first-order valence-corrected chi connectivity index (χ1v) is 8.86. The van der Waals surface area contributed by atoms with Gasteiger partial charge in [0.25, 0.3) is 0 Å². The maximum absolute atomic E-state index is 12.9. The first-order valence-electron chi connectivity index (χ1n) is 7.42. The Hall–Kier alpha value is -1.64. The van der Waals surface area contributed by atoms with E-state index in [2.05, 4.69) is 0 Å². The number of carbonyl (C=O) groups excluding carboxylic acids is 1. The van der Waals surface area contributed by atoms with Crippen molar-refractivity contribution in [3.8, 4) is 5.75 Å². The molecule has 2 fully saturated rings. The molecule has 1 amide bonds. The van der Waals surface area contributed by atoms with Crippen molar-refractivity contribution in [2.75, 3.05) is 40.5 Å². The van der Waals surface area contributed by atoms with Crippen LogP contribution in [0.15, 0.2) is 29.2 Å². The number of ether oxygens (including phenoxy) is 2. The molecule has 2 bridgehead atoms. The van der Waals surface area contributed by atoms with Crippen LogP contribution >= 0.6 is 0 Å². The Morgan fingerprint density at radius 2 is 1.87 bits per heavy atom. The molecule has 0 radical (unpaired) electrons. The van der Waals surface area contributed by atoms with E-state index >= 15 is 0 Å². The maximum Gasteiger partial charge on any atom is 0.243 e. The molecule has 23 heavy (non-hydrogen) atoms. The van der Waals surface area contributed by atoms with Gasteiger partial charge < -0.3 is 14.4 Å². The quantitative estimate of drug-likeness (QED) is 0.784. The highest BCUT2D eigenvalue weighted by atomic mass is 32.2. The normalized spacial score (nSPS) is 26.0. The first kappa shape index (κ1) is 16.2. The second-order valence-corrected chi connectivity index (χ2v) is 7.77. The van der Waals surface area contributed by atoms with Crippen molar-refractivity contribution in [1.29, 1.82) is 0 Å². The lowest BCUT2D eigenvalue weighted by Gasteiger charge is -2.28. The fourth-order valence-corrected chi connectivity index (χ4v) is 4.47. The molecule has 3 rings (SSSR count). The highest BCUT2D eigenvalue weighted by molar-refractivity contribution is 7.89. The van der Waals surface area contributed by atoms with Gasteiger partial charge in [-0.1, -0.05) is 0 Å². The Balaban J connectivity index is 1.92. The van der Waals surface area contributed by atoms with Crippen LogP contribution in [0.2, 0.25) is 0 Å². The van der Waals surface area contributed by atoms with Crippen LogP contribution in [0.3, 0.4) is 0 Å². The van der Waals surface area contributed by atoms with E-state index in [0.717, 1.165) is 0 Å². The second-order valence-electron chi connectivity index (χ2n) is 5.83. The van der Waals surface area contributed by atoms with E-state index in [4.69, 9.17) is 9.47 Å². The topological polar surface area (TPSA) is 76.2 Å². The van der Waals surface area contributed by atoms with E-state index < -0.39 is 15.9 Å². The highest BCUT2D eigenvalue weighted by Crippen LogP contribution is 2.26. The average Bonchev–Trinajstić information content (AvgIpc) is 2.73. The van der Waals surface area contributed by atoms with E-state index in [0.29, 0.717) is 12.4 Å². The lowest BCUT2D eigenvalue weighted by molar-refractivity contribution is -0.133. The Bertz CT molecular complexity index is 688. The van der Waals surface area contributed by atoms with Gasteiger partial charge in [-0.2, -0.15) is 4.31 Å². The lowest BCUT2D eigenvalue weighted by Crippen LogP contribution is -2.45. The van der Waals surface area contributed by atoms with Crippen LogP contribution < -0.4 is 4.74 Å². The molecule has 7 nitrogen and oxygen atoms in total. The average molecular weight is 340 g/mol. The monoisotopic (exact) mass is 340 g/mol. The van der Waals surface area contributed by atoms with Gasteiger partial charge >= 0.3 is 0 Å². The third-order valence-electron chi connectivity index (χ3n) is 4.41. The van der Waals surface area contributed by atoms with Crippen molar-refractivity contribution in [2.24, 2.45) is 5.92 Å². The summed E-state index contributed by atoms with van der Waals surface area (Å²) in [5.41, 5.74) is 0. The summed E-state index contributed by atoms with van der Waals surface area (Å²) in [6.07, 6.45) is 0. The number of likely N-dealkylation sites (N-methyl/N-ethyl adjacent to an activating group) is 1. The van der Waals surface area contributed by atoms with Gasteiger partial charge in [-0.3, -0.25) is 4.79 Å². The molecule has 2 heterocycles. The molecule has 0 aromatic heterocycles. The zero-order valence-corrected chi connectivity index (χ0v) is 14.0. The second kappa shape index (κ2) is 6.10. The molecule has 2 aliphatic heterocycles. The fourth-order valence-electron chi connectivity index (χ4n) is 2.95. The van der Waals surface area contributed by atoms with Crippen LogP contribution in [-0.2, 0) is 19.6 Å². The number of fused-ring (bicyclic) bond motifs is 3. The summed E-state index contributed by atoms with van der Waals surface area (Å²) in [5, 5.41) is 0. The Labute approximate surface area is 135 Å². The Morgan fingerprint density at radius 1 is 1.17 bits per heavy atom. The number of nitrogens with zero attached hydrogens (tertiary/aromatic N) is 2. The van der Waals surface area contributed by atoms with Gasteiger partial charge in [0.1, 0.15) is 5.75 Å². The van der Waals surface area contributed by atoms with Crippen LogP contribution in [0.4, 0.5) is 0 Å². The number of benzene rings is 1. The first-order chi connectivity index (χ1) is 10.9. The summed E-state index contributed by atoms with van der Waals surface area (Å²) in [4.78, 5) is 14.1. The van der Waals surface area contributed by atoms with Crippen molar-refractivity contribution < 1.29 is 22.7 Å². The number of hydrogen-bond acceptors (Lipinski definition) is 5. The number of sulfonamides is 1. The van der Waals surface area contributed by atoms with E-state index in [1.54, 1.807) is 24.1 Å². The van der Waals surface area contributed by atoms with E-state index in [1.165, 1.54) is 23.5 Å². The summed E-state index contributed by atoms with van der Waals surface area (Å²) < 4.78 is 37.8. The van der Waals surface area contributed by atoms with Gasteiger partial charge in [0, 0.05) is 20.1 Å². The molecule has 0 saturated carbocycles. The van der Waals surface area contributed by atoms with Crippen LogP contribution in [-0.4, -0.2) is 70.0 Å². The minimum Gasteiger partial charge on any atom is -0.497 e. The molecule has 8 heteroatoms. The minimum absolute atomic E-state index is 0.0556. The number of methoxy groups -OCH3 is 1. The molecule has 1 aromatic carbocycles. The standard InChI is InChI=1S/C15H20N2O5S/c1-16-12-8-17(7-11(15(16)18)9-22-10-12)23(19,20)14-5-3-13(21-2)4-6-14/h3-6,11-12H,7-10H2,1-2H3/t11-,12-/m0/s1. The third-order valence-corrected chi connectivity index (χ3v) is 6.26. The third kappa shape index (κ3) is 2.93. The van der Waals surface area contributed by atoms with E-state index in [1.807, 2.05) is 0 Å². The zero-order chi connectivity index (χ0) is 16.6. The Morgan fingerprint density at radius 3 is 2.52 bits per heavy atom. The molecule has 0 unspecified atom stereocenters. The molecule has 0 spiro atoms. The zero-order valence-electron chi connectivity index (χ0n) is 13.1. The van der Waals surface area contributed by atoms with Crippen molar-refractivity contribution in [3.05, 3.63) is 24.3 Å². The summed E-state index contributed by atoms with van der Waals surface area (Å²) in [5.74, 6) is 0.0838. The van der Waals surface area contributed by atoms with Crippen molar-refractivity contribution in [1.82, 2.24) is 9.21 Å². The maximum atomic E-state index is 12.9. The van der Waals surface area contributed by atoms with Crippen LogP contribution in [0.25, 0.3) is 0 Å². The van der Waals surface area contributed by atoms with E-state index in [9.17, 15) is 13.2 Å². The summed E-state index contributed by atoms with van der Waals surface area (Å²) in [6.45, 7) is 1.00. The molecule has 1 aromatic rings. The van der Waals surface area contributed by atoms with Gasteiger partial charge in [0.15, 0.2) is 0 Å². The van der Waals surface area contributed by atoms with Crippen LogP contribution in [0.5, 0.6) is 5.75 Å². The van der Waals surface area contributed by atoms with E-state index in [-0.39, 0.29) is 36.5 Å². The molecule has 2 saturated heterocycles. The predicted molar refractivity (Wildman–Crippen MR) is 82.6 cm³/mol. The molecule has 0 N–H and O–H groups in total. The molecular weight excluding hydrogens is 320 g/mol. The lowest BCUT2D eigenvalue weighted by atomic mass is 10.1. The molecular formula is C15H20N2O5S. The number of rotatable bonds is 3. The minimum atomic E-state index is -3.66. The molecule has 2 atom stereocenters. The van der Waals surface area contributed by atoms with Gasteiger partial charge in [0.2, 0.25) is 15.9 Å². The number of hydrogen-bond donors (Lipinski definition) is 0. The van der Waals surface area contributed by atoms with Crippen LogP contribution in [0, 0.1) is 5.92 Å². The smallest absolute Gasteiger partial charge is 0.243 e. The van der Waals surface area contributed by atoms with Gasteiger partial charge in [-0.15, -0.1) is 0 Å². The SMILES string of the molecule is COc1ccc(S(=O)(=O)N2C[C@H]3COC[C@H](C2)N(C)C3=O)cc1. The number of amides is 1. The summed E-state index contributed by atoms with van der Waals surface area (Å²) >= 11 is 0. The van der Waals surface area contributed by atoms with Crippen molar-refractivity contribution >= 4 is 15.9 Å². The number of carbonyl (C=O) groups is 1. The fraction of sp³-hybridized carbons (Fsp3) is 0.533. The van der Waals surface area contributed by atoms with Crippen molar-refractivity contribution in [2.45, 2.75) is 10.9 Å². The predicted octanol–water partition coefficient (Wildman–Crippen LogP) is 0.173. The molecule has 0 aliphatic carbocycles. The molecule has 2 aliphatic rings. The van der Waals surface area contributed by atoms with Gasteiger partial charge in [-0.25, -0.2) is 8.42 Å². The summed E-state index contributed by atoms with van der Waals surface area (Å²) in [6, 6.07) is 6.02. The van der Waals surface area contributed by atoms with Gasteiger partial charge in [0.05, 0.1) is 37.2 Å². The Kier molecular flexibility index (Phi) is 4.31. The van der Waals surface area contributed by atoms with Crippen LogP contribution in [0.1, 0.15) is 0 Å². The van der Waals surface area contributed by atoms with Gasteiger partial charge in [-0.05, 0) is 24.3 Å². The summed E-state index contributed by atoms with van der Waals surface area (Å²) in [7, 11) is -0.421. The molecule has 126 valence electrons.